The molecule has 0 fully saturated rings. The number of carbonyl (C=O) groups excluding carboxylic acids is 1. The SMILES string of the molecule is Cc1cc(C)n(-c2ccccc2CNC(=O)N(C)CCC(=O)O)n1. The molecule has 128 valence electrons. The van der Waals surface area contributed by atoms with Gasteiger partial charge in [0.2, 0.25) is 0 Å². The fourth-order valence-electron chi connectivity index (χ4n) is 2.41. The average Bonchev–Trinajstić information content (AvgIpc) is 2.88. The standard InChI is InChI=1S/C17H22N4O3/c1-12-10-13(2)21(19-12)15-7-5-4-6-14(15)11-18-17(24)20(3)9-8-16(22)23/h4-7,10H,8-9,11H2,1-3H3,(H,18,24)(H,22,23). The summed E-state index contributed by atoms with van der Waals surface area (Å²) >= 11 is 0. The first-order chi connectivity index (χ1) is 11.4. The van der Waals surface area contributed by atoms with Crippen LogP contribution in [0, 0.1) is 13.8 Å². The third-order valence-electron chi connectivity index (χ3n) is 3.67. The van der Waals surface area contributed by atoms with Crippen molar-refractivity contribution in [3.8, 4) is 5.69 Å². The maximum atomic E-state index is 12.0. The van der Waals surface area contributed by atoms with Gasteiger partial charge in [0.15, 0.2) is 0 Å². The summed E-state index contributed by atoms with van der Waals surface area (Å²) in [6.07, 6.45) is -0.0771. The zero-order chi connectivity index (χ0) is 17.7. The Morgan fingerprint density at radius 1 is 1.29 bits per heavy atom. The fourth-order valence-corrected chi connectivity index (χ4v) is 2.41. The minimum absolute atomic E-state index is 0.0771. The molecule has 2 amide bonds. The fraction of sp³-hybridized carbons (Fsp3) is 0.353. The Morgan fingerprint density at radius 2 is 2.00 bits per heavy atom. The van der Waals surface area contributed by atoms with E-state index in [0.717, 1.165) is 22.6 Å². The van der Waals surface area contributed by atoms with E-state index in [1.807, 2.05) is 48.9 Å². The van der Waals surface area contributed by atoms with E-state index in [0.29, 0.717) is 6.54 Å². The van der Waals surface area contributed by atoms with Crippen LogP contribution in [0.5, 0.6) is 0 Å². The van der Waals surface area contributed by atoms with Gasteiger partial charge < -0.3 is 15.3 Å². The van der Waals surface area contributed by atoms with Crippen LogP contribution >= 0.6 is 0 Å². The number of nitrogens with zero attached hydrogens (tertiary/aromatic N) is 3. The minimum Gasteiger partial charge on any atom is -0.481 e. The zero-order valence-corrected chi connectivity index (χ0v) is 14.1. The predicted molar refractivity (Wildman–Crippen MR) is 90.2 cm³/mol. The van der Waals surface area contributed by atoms with Crippen LogP contribution in [0.25, 0.3) is 5.69 Å². The summed E-state index contributed by atoms with van der Waals surface area (Å²) < 4.78 is 1.85. The molecule has 0 unspecified atom stereocenters. The van der Waals surface area contributed by atoms with Crippen molar-refractivity contribution in [3.63, 3.8) is 0 Å². The number of carbonyl (C=O) groups is 2. The Morgan fingerprint density at radius 3 is 2.62 bits per heavy atom. The third kappa shape index (κ3) is 4.34. The molecule has 0 saturated heterocycles. The molecular formula is C17H22N4O3. The molecule has 0 aliphatic rings. The maximum absolute atomic E-state index is 12.0. The Hall–Kier alpha value is -2.83. The molecule has 2 aromatic rings. The lowest BCUT2D eigenvalue weighted by atomic mass is 10.1. The van der Waals surface area contributed by atoms with Crippen molar-refractivity contribution in [2.24, 2.45) is 0 Å². The van der Waals surface area contributed by atoms with Crippen LogP contribution in [0.1, 0.15) is 23.4 Å². The number of nitrogens with one attached hydrogen (secondary N) is 1. The molecule has 0 aliphatic carbocycles. The maximum Gasteiger partial charge on any atom is 0.317 e. The summed E-state index contributed by atoms with van der Waals surface area (Å²) in [6, 6.07) is 9.41. The molecule has 0 spiro atoms. The molecule has 2 N–H and O–H groups in total. The first kappa shape index (κ1) is 17.5. The van der Waals surface area contributed by atoms with E-state index < -0.39 is 5.97 Å². The number of carboxylic acid groups (broad SMARTS) is 1. The zero-order valence-electron chi connectivity index (χ0n) is 14.1. The second kappa shape index (κ2) is 7.63. The van der Waals surface area contributed by atoms with Gasteiger partial charge in [0.25, 0.3) is 0 Å². The highest BCUT2D eigenvalue weighted by Gasteiger charge is 2.12. The summed E-state index contributed by atoms with van der Waals surface area (Å²) in [5.74, 6) is -0.926. The van der Waals surface area contributed by atoms with Crippen LogP contribution in [0.15, 0.2) is 30.3 Å². The smallest absolute Gasteiger partial charge is 0.317 e. The normalized spacial score (nSPS) is 10.5. The minimum atomic E-state index is -0.926. The number of hydrogen-bond acceptors (Lipinski definition) is 3. The molecule has 0 atom stereocenters. The highest BCUT2D eigenvalue weighted by atomic mass is 16.4. The van der Waals surface area contributed by atoms with Crippen molar-refractivity contribution in [3.05, 3.63) is 47.3 Å². The molecule has 7 heteroatoms. The van der Waals surface area contributed by atoms with Gasteiger partial charge >= 0.3 is 12.0 Å². The molecule has 7 nitrogen and oxygen atoms in total. The Labute approximate surface area is 140 Å². The van der Waals surface area contributed by atoms with Crippen LogP contribution in [0.4, 0.5) is 4.79 Å². The van der Waals surface area contributed by atoms with Crippen LogP contribution in [0.3, 0.4) is 0 Å². The van der Waals surface area contributed by atoms with Crippen molar-refractivity contribution in [1.29, 1.82) is 0 Å². The van der Waals surface area contributed by atoms with Crippen molar-refractivity contribution < 1.29 is 14.7 Å². The van der Waals surface area contributed by atoms with Crippen molar-refractivity contribution in [2.45, 2.75) is 26.8 Å². The average molecular weight is 330 g/mol. The number of aryl methyl sites for hydroxylation is 2. The van der Waals surface area contributed by atoms with Gasteiger partial charge in [0, 0.05) is 25.8 Å². The molecule has 1 heterocycles. The number of aliphatic carboxylic acids is 1. The summed E-state index contributed by atoms with van der Waals surface area (Å²) in [7, 11) is 1.57. The summed E-state index contributed by atoms with van der Waals surface area (Å²) in [5, 5.41) is 16.0. The molecule has 0 aliphatic heterocycles. The van der Waals surface area contributed by atoms with Crippen LogP contribution in [0.2, 0.25) is 0 Å². The first-order valence-electron chi connectivity index (χ1n) is 7.71. The number of aromatic nitrogens is 2. The predicted octanol–water partition coefficient (Wildman–Crippen LogP) is 2.11. The molecular weight excluding hydrogens is 308 g/mol. The number of benzene rings is 1. The Kier molecular flexibility index (Phi) is 5.57. The first-order valence-corrected chi connectivity index (χ1v) is 7.71. The molecule has 1 aromatic carbocycles. The molecule has 24 heavy (non-hydrogen) atoms. The summed E-state index contributed by atoms with van der Waals surface area (Å²) in [4.78, 5) is 24.0. The van der Waals surface area contributed by atoms with Crippen LogP contribution < -0.4 is 5.32 Å². The summed E-state index contributed by atoms with van der Waals surface area (Å²) in [6.45, 7) is 4.42. The third-order valence-corrected chi connectivity index (χ3v) is 3.67. The largest absolute Gasteiger partial charge is 0.481 e. The van der Waals surface area contributed by atoms with Crippen LogP contribution in [-0.4, -0.2) is 45.4 Å². The highest BCUT2D eigenvalue weighted by Crippen LogP contribution is 2.16. The van der Waals surface area contributed by atoms with E-state index in [9.17, 15) is 9.59 Å². The molecule has 0 radical (unpaired) electrons. The van der Waals surface area contributed by atoms with Crippen molar-refractivity contribution >= 4 is 12.0 Å². The highest BCUT2D eigenvalue weighted by molar-refractivity contribution is 5.75. The molecule has 0 bridgehead atoms. The van der Waals surface area contributed by atoms with Gasteiger partial charge in [-0.2, -0.15) is 5.10 Å². The van der Waals surface area contributed by atoms with Gasteiger partial charge in [-0.05, 0) is 31.5 Å². The number of urea groups is 1. The second-order valence-corrected chi connectivity index (χ2v) is 5.69. The Balaban J connectivity index is 2.07. The van der Waals surface area contributed by atoms with Crippen molar-refractivity contribution in [2.75, 3.05) is 13.6 Å². The lowest BCUT2D eigenvalue weighted by Crippen LogP contribution is -2.38. The lowest BCUT2D eigenvalue weighted by molar-refractivity contribution is -0.137. The summed E-state index contributed by atoms with van der Waals surface area (Å²) in [5.41, 5.74) is 3.80. The van der Waals surface area contributed by atoms with Gasteiger partial charge in [0.05, 0.1) is 17.8 Å². The lowest BCUT2D eigenvalue weighted by Gasteiger charge is -2.18. The van der Waals surface area contributed by atoms with E-state index >= 15 is 0 Å². The Bertz CT molecular complexity index is 739. The van der Waals surface area contributed by atoms with Gasteiger partial charge in [0.1, 0.15) is 0 Å². The second-order valence-electron chi connectivity index (χ2n) is 5.69. The van der Waals surface area contributed by atoms with Crippen molar-refractivity contribution in [1.82, 2.24) is 20.0 Å². The molecule has 0 saturated carbocycles. The quantitative estimate of drug-likeness (QED) is 0.849. The topological polar surface area (TPSA) is 87.5 Å². The van der Waals surface area contributed by atoms with Gasteiger partial charge in [-0.15, -0.1) is 0 Å². The van der Waals surface area contributed by atoms with Gasteiger partial charge in [-0.1, -0.05) is 18.2 Å². The van der Waals surface area contributed by atoms with E-state index in [1.54, 1.807) is 7.05 Å². The number of hydrogen-bond donors (Lipinski definition) is 2. The number of amides is 2. The molecule has 2 rings (SSSR count). The van der Waals surface area contributed by atoms with Gasteiger partial charge in [-0.3, -0.25) is 4.79 Å². The number of rotatable bonds is 6. The van der Waals surface area contributed by atoms with E-state index in [4.69, 9.17) is 5.11 Å². The number of carboxylic acids is 1. The van der Waals surface area contributed by atoms with Crippen LogP contribution in [-0.2, 0) is 11.3 Å². The van der Waals surface area contributed by atoms with E-state index in [-0.39, 0.29) is 19.0 Å². The monoisotopic (exact) mass is 330 g/mol. The van der Waals surface area contributed by atoms with E-state index in [2.05, 4.69) is 10.4 Å². The number of para-hydroxylation sites is 1. The van der Waals surface area contributed by atoms with Gasteiger partial charge in [-0.25, -0.2) is 9.48 Å². The molecule has 1 aromatic heterocycles. The van der Waals surface area contributed by atoms with E-state index in [1.165, 1.54) is 4.90 Å².